The van der Waals surface area contributed by atoms with Crippen LogP contribution in [0.4, 0.5) is 21.6 Å². The minimum Gasteiger partial charge on any atom is -0.487 e. The van der Waals surface area contributed by atoms with Gasteiger partial charge in [-0.2, -0.15) is 0 Å². The SMILES string of the molecule is C/C=C/CN1CC2OCCOC2C1.O=CNc1ccc2ncnc(Nc3ccc(OCc4cccc(F)c4)c(Cl)c3)c2c1. The molecule has 9 nitrogen and oxygen atoms in total. The van der Waals surface area contributed by atoms with Gasteiger partial charge in [0.2, 0.25) is 6.41 Å². The number of benzene rings is 3. The maximum absolute atomic E-state index is 13.3. The van der Waals surface area contributed by atoms with Gasteiger partial charge in [-0.3, -0.25) is 9.69 Å². The van der Waals surface area contributed by atoms with Crippen molar-refractivity contribution in [2.24, 2.45) is 0 Å². The number of nitrogens with zero attached hydrogens (tertiary/aromatic N) is 3. The summed E-state index contributed by atoms with van der Waals surface area (Å²) in [5.41, 5.74) is 2.77. The summed E-state index contributed by atoms with van der Waals surface area (Å²) < 4.78 is 30.2. The van der Waals surface area contributed by atoms with Crippen molar-refractivity contribution in [1.82, 2.24) is 14.9 Å². The number of nitrogens with one attached hydrogen (secondary N) is 2. The molecule has 3 heterocycles. The molecule has 2 fully saturated rings. The first kappa shape index (κ1) is 30.4. The molecule has 11 heteroatoms. The Balaban J connectivity index is 0.000000235. The van der Waals surface area contributed by atoms with E-state index in [0.29, 0.717) is 52.1 Å². The Hall–Kier alpha value is -4.09. The summed E-state index contributed by atoms with van der Waals surface area (Å²) in [6.07, 6.45) is 6.97. The highest BCUT2D eigenvalue weighted by Gasteiger charge is 2.35. The zero-order valence-electron chi connectivity index (χ0n) is 23.7. The number of aromatic nitrogens is 2. The minimum absolute atomic E-state index is 0.202. The van der Waals surface area contributed by atoms with Gasteiger partial charge in [-0.15, -0.1) is 0 Å². The molecule has 2 unspecified atom stereocenters. The van der Waals surface area contributed by atoms with E-state index in [0.717, 1.165) is 43.8 Å². The number of allylic oxidation sites excluding steroid dienone is 1. The molecule has 43 heavy (non-hydrogen) atoms. The molecule has 0 radical (unpaired) electrons. The molecule has 0 bridgehead atoms. The van der Waals surface area contributed by atoms with Crippen molar-refractivity contribution in [2.45, 2.75) is 25.7 Å². The van der Waals surface area contributed by atoms with Crippen LogP contribution in [0, 0.1) is 5.82 Å². The molecule has 0 spiro atoms. The molecule has 4 aromatic rings. The number of amides is 1. The predicted molar refractivity (Wildman–Crippen MR) is 165 cm³/mol. The summed E-state index contributed by atoms with van der Waals surface area (Å²) in [6.45, 7) is 6.85. The van der Waals surface area contributed by atoms with E-state index in [-0.39, 0.29) is 12.4 Å². The van der Waals surface area contributed by atoms with Crippen molar-refractivity contribution < 1.29 is 23.4 Å². The van der Waals surface area contributed by atoms with Gasteiger partial charge in [0.15, 0.2) is 0 Å². The molecule has 3 aromatic carbocycles. The number of hydrogen-bond donors (Lipinski definition) is 2. The Bertz CT molecular complexity index is 1560. The van der Waals surface area contributed by atoms with Crippen LogP contribution in [0.1, 0.15) is 12.5 Å². The zero-order chi connectivity index (χ0) is 30.0. The number of fused-ring (bicyclic) bond motifs is 2. The van der Waals surface area contributed by atoms with Gasteiger partial charge in [0, 0.05) is 36.4 Å². The second kappa shape index (κ2) is 14.9. The van der Waals surface area contributed by atoms with Gasteiger partial charge in [0.25, 0.3) is 0 Å². The van der Waals surface area contributed by atoms with Crippen LogP contribution in [0.3, 0.4) is 0 Å². The van der Waals surface area contributed by atoms with Crippen LogP contribution in [-0.2, 0) is 20.9 Å². The van der Waals surface area contributed by atoms with Crippen LogP contribution in [-0.4, -0.2) is 66.3 Å². The Morgan fingerprint density at radius 1 is 1.05 bits per heavy atom. The number of carbonyl (C=O) groups excluding carboxylic acids is 1. The second-order valence-corrected chi connectivity index (χ2v) is 10.4. The van der Waals surface area contributed by atoms with Crippen molar-refractivity contribution >= 4 is 46.1 Å². The highest BCUT2D eigenvalue weighted by molar-refractivity contribution is 6.32. The van der Waals surface area contributed by atoms with E-state index < -0.39 is 0 Å². The highest BCUT2D eigenvalue weighted by atomic mass is 35.5. The van der Waals surface area contributed by atoms with E-state index in [1.165, 1.54) is 18.5 Å². The summed E-state index contributed by atoms with van der Waals surface area (Å²) in [7, 11) is 0. The molecule has 2 atom stereocenters. The van der Waals surface area contributed by atoms with Crippen LogP contribution >= 0.6 is 11.6 Å². The van der Waals surface area contributed by atoms with Crippen molar-refractivity contribution in [3.8, 4) is 5.75 Å². The van der Waals surface area contributed by atoms with E-state index in [1.807, 2.05) is 0 Å². The van der Waals surface area contributed by atoms with Gasteiger partial charge in [0.05, 0.1) is 36.0 Å². The molecule has 1 amide bonds. The van der Waals surface area contributed by atoms with Crippen molar-refractivity contribution in [3.05, 3.63) is 95.5 Å². The van der Waals surface area contributed by atoms with E-state index >= 15 is 0 Å². The molecular formula is C32H33ClFN5O4. The van der Waals surface area contributed by atoms with E-state index in [4.69, 9.17) is 25.8 Å². The fourth-order valence-electron chi connectivity index (χ4n) is 4.88. The maximum Gasteiger partial charge on any atom is 0.211 e. The molecule has 0 aliphatic carbocycles. The van der Waals surface area contributed by atoms with Gasteiger partial charge in [-0.25, -0.2) is 14.4 Å². The van der Waals surface area contributed by atoms with Gasteiger partial charge in [-0.05, 0) is 61.0 Å². The van der Waals surface area contributed by atoms with Crippen molar-refractivity contribution in [1.29, 1.82) is 0 Å². The lowest BCUT2D eigenvalue weighted by Gasteiger charge is -2.24. The standard InChI is InChI=1S/C22H16ClFN4O2.C10H17NO2/c23-19-10-17(5-7-21(19)30-11-14-2-1-3-15(24)8-14)28-22-18-9-16(27-13-29)4-6-20(18)25-12-26-22;1-2-3-4-11-7-9-10(8-11)13-6-5-12-9/h1-10,12-13H,11H2,(H,27,29)(H,25,26,28);2-3,9-10H,4-8H2,1H3/b;3-2+. The summed E-state index contributed by atoms with van der Waals surface area (Å²) >= 11 is 6.36. The normalized spacial score (nSPS) is 18.1. The summed E-state index contributed by atoms with van der Waals surface area (Å²) in [5, 5.41) is 6.97. The lowest BCUT2D eigenvalue weighted by Crippen LogP contribution is -2.36. The number of likely N-dealkylation sites (tertiary alicyclic amines) is 1. The monoisotopic (exact) mass is 605 g/mol. The molecule has 2 aliphatic heterocycles. The largest absolute Gasteiger partial charge is 0.487 e. The number of anilines is 3. The van der Waals surface area contributed by atoms with Crippen molar-refractivity contribution in [3.63, 3.8) is 0 Å². The maximum atomic E-state index is 13.3. The number of hydrogen-bond acceptors (Lipinski definition) is 8. The fourth-order valence-corrected chi connectivity index (χ4v) is 5.11. The quantitative estimate of drug-likeness (QED) is 0.178. The molecule has 2 aliphatic rings. The summed E-state index contributed by atoms with van der Waals surface area (Å²) in [5.74, 6) is 0.737. The van der Waals surface area contributed by atoms with E-state index in [2.05, 4.69) is 44.6 Å². The Kier molecular flexibility index (Phi) is 10.5. The van der Waals surface area contributed by atoms with Crippen LogP contribution in [0.5, 0.6) is 5.75 Å². The topological polar surface area (TPSA) is 97.8 Å². The summed E-state index contributed by atoms with van der Waals surface area (Å²) in [6, 6.07) is 16.8. The van der Waals surface area contributed by atoms with E-state index in [1.54, 1.807) is 48.5 Å². The zero-order valence-corrected chi connectivity index (χ0v) is 24.5. The third kappa shape index (κ3) is 8.26. The van der Waals surface area contributed by atoms with Gasteiger partial charge >= 0.3 is 0 Å². The number of carbonyl (C=O) groups is 1. The first-order valence-electron chi connectivity index (χ1n) is 14.0. The fraction of sp³-hybridized carbons (Fsp3) is 0.281. The number of rotatable bonds is 9. The molecule has 224 valence electrons. The van der Waals surface area contributed by atoms with Crippen LogP contribution < -0.4 is 15.4 Å². The number of ether oxygens (including phenoxy) is 3. The smallest absolute Gasteiger partial charge is 0.211 e. The lowest BCUT2D eigenvalue weighted by atomic mass is 10.2. The Morgan fingerprint density at radius 2 is 1.84 bits per heavy atom. The third-order valence-electron chi connectivity index (χ3n) is 6.98. The predicted octanol–water partition coefficient (Wildman–Crippen LogP) is 5.98. The Morgan fingerprint density at radius 3 is 2.56 bits per heavy atom. The van der Waals surface area contributed by atoms with Crippen LogP contribution in [0.2, 0.25) is 5.02 Å². The molecule has 0 saturated carbocycles. The van der Waals surface area contributed by atoms with Gasteiger partial charge < -0.3 is 24.8 Å². The minimum atomic E-state index is -0.315. The number of halogens is 2. The van der Waals surface area contributed by atoms with Gasteiger partial charge in [0.1, 0.15) is 30.3 Å². The molecular weight excluding hydrogens is 573 g/mol. The molecule has 6 rings (SSSR count). The van der Waals surface area contributed by atoms with Gasteiger partial charge in [-0.1, -0.05) is 35.9 Å². The lowest BCUT2D eigenvalue weighted by molar-refractivity contribution is -0.116. The first-order chi connectivity index (χ1) is 21.0. The Labute approximate surface area is 254 Å². The highest BCUT2D eigenvalue weighted by Crippen LogP contribution is 2.31. The second-order valence-electron chi connectivity index (χ2n) is 10.0. The molecule has 2 saturated heterocycles. The molecule has 2 N–H and O–H groups in total. The average Bonchev–Trinajstić information content (AvgIpc) is 3.44. The third-order valence-corrected chi connectivity index (χ3v) is 7.27. The van der Waals surface area contributed by atoms with Crippen LogP contribution in [0.15, 0.2) is 79.1 Å². The van der Waals surface area contributed by atoms with Crippen LogP contribution in [0.25, 0.3) is 10.9 Å². The van der Waals surface area contributed by atoms with Crippen molar-refractivity contribution in [2.75, 3.05) is 43.5 Å². The molecule has 1 aromatic heterocycles. The van der Waals surface area contributed by atoms with E-state index in [9.17, 15) is 9.18 Å². The summed E-state index contributed by atoms with van der Waals surface area (Å²) in [4.78, 5) is 21.6. The average molecular weight is 606 g/mol. The first-order valence-corrected chi connectivity index (χ1v) is 14.4.